The van der Waals surface area contributed by atoms with Crippen molar-refractivity contribution in [2.45, 2.75) is 13.5 Å². The lowest BCUT2D eigenvalue weighted by Crippen LogP contribution is -2.47. The molecule has 5 nitrogen and oxygen atoms in total. The Morgan fingerprint density at radius 1 is 1.17 bits per heavy atom. The smallest absolute Gasteiger partial charge is 0.307 e. The van der Waals surface area contributed by atoms with Crippen molar-refractivity contribution in [3.05, 3.63) is 45.0 Å². The summed E-state index contributed by atoms with van der Waals surface area (Å²) in [5, 5.41) is 1.93. The Bertz CT molecular complexity index is 702. The molecular formula is C17H23N3O2S. The molecular weight excluding hydrogens is 310 g/mol. The minimum absolute atomic E-state index is 0.150. The van der Waals surface area contributed by atoms with E-state index >= 15 is 0 Å². The maximum absolute atomic E-state index is 11.8. The van der Waals surface area contributed by atoms with Gasteiger partial charge in [0.1, 0.15) is 5.75 Å². The van der Waals surface area contributed by atoms with Crippen molar-refractivity contribution in [2.24, 2.45) is 0 Å². The van der Waals surface area contributed by atoms with Gasteiger partial charge in [-0.25, -0.2) is 0 Å². The number of thiazole rings is 1. The highest BCUT2D eigenvalue weighted by molar-refractivity contribution is 7.07. The molecule has 1 saturated heterocycles. The second-order valence-electron chi connectivity index (χ2n) is 5.82. The lowest BCUT2D eigenvalue weighted by Gasteiger charge is -2.36. The number of anilines is 1. The van der Waals surface area contributed by atoms with Gasteiger partial charge in [-0.3, -0.25) is 9.69 Å². The van der Waals surface area contributed by atoms with Crippen LogP contribution in [-0.4, -0.2) is 49.3 Å². The molecule has 1 aliphatic rings. The van der Waals surface area contributed by atoms with Crippen LogP contribution >= 0.6 is 11.3 Å². The standard InChI is InChI=1S/C17H23N3O2S/c1-14-13-23-17(21)20(14)11-8-18-6-9-19(10-7-18)15-4-3-5-16(12-15)22-2/h3-5,12-13H,6-11H2,1-2H3. The van der Waals surface area contributed by atoms with Crippen LogP contribution in [0.15, 0.2) is 34.4 Å². The van der Waals surface area contributed by atoms with E-state index in [1.165, 1.54) is 17.0 Å². The molecule has 0 unspecified atom stereocenters. The molecule has 0 spiro atoms. The third-order valence-electron chi connectivity index (χ3n) is 4.41. The van der Waals surface area contributed by atoms with Crippen molar-refractivity contribution in [1.29, 1.82) is 0 Å². The molecule has 0 atom stereocenters. The number of nitrogens with zero attached hydrogens (tertiary/aromatic N) is 3. The van der Waals surface area contributed by atoms with Crippen LogP contribution in [0.5, 0.6) is 5.75 Å². The highest BCUT2D eigenvalue weighted by Gasteiger charge is 2.17. The average Bonchev–Trinajstić information content (AvgIpc) is 2.92. The first kappa shape index (κ1) is 16.1. The van der Waals surface area contributed by atoms with Crippen molar-refractivity contribution >= 4 is 17.0 Å². The number of aryl methyl sites for hydroxylation is 1. The predicted octanol–water partition coefficient (Wildman–Crippen LogP) is 2.05. The average molecular weight is 333 g/mol. The van der Waals surface area contributed by atoms with E-state index in [4.69, 9.17) is 4.74 Å². The van der Waals surface area contributed by atoms with E-state index in [1.54, 1.807) is 7.11 Å². The number of rotatable bonds is 5. The lowest BCUT2D eigenvalue weighted by atomic mass is 10.2. The van der Waals surface area contributed by atoms with Gasteiger partial charge in [-0.2, -0.15) is 0 Å². The van der Waals surface area contributed by atoms with Crippen LogP contribution in [0.3, 0.4) is 0 Å². The van der Waals surface area contributed by atoms with Gasteiger partial charge in [0, 0.05) is 62.1 Å². The molecule has 23 heavy (non-hydrogen) atoms. The van der Waals surface area contributed by atoms with Crippen molar-refractivity contribution in [1.82, 2.24) is 9.47 Å². The van der Waals surface area contributed by atoms with Gasteiger partial charge in [0.25, 0.3) is 0 Å². The summed E-state index contributed by atoms with van der Waals surface area (Å²) >= 11 is 1.29. The fraction of sp³-hybridized carbons (Fsp3) is 0.471. The number of piperazine rings is 1. The van der Waals surface area contributed by atoms with Crippen LogP contribution in [0.4, 0.5) is 5.69 Å². The monoisotopic (exact) mass is 333 g/mol. The molecule has 124 valence electrons. The maximum atomic E-state index is 11.8. The third kappa shape index (κ3) is 3.76. The molecule has 1 aromatic heterocycles. The van der Waals surface area contributed by atoms with E-state index in [0.717, 1.165) is 50.7 Å². The Kier molecular flexibility index (Phi) is 5.03. The molecule has 3 rings (SSSR count). The summed E-state index contributed by atoms with van der Waals surface area (Å²) in [5.41, 5.74) is 2.28. The zero-order valence-corrected chi connectivity index (χ0v) is 14.5. The van der Waals surface area contributed by atoms with Gasteiger partial charge in [0.05, 0.1) is 7.11 Å². The number of methoxy groups -OCH3 is 1. The molecule has 0 bridgehead atoms. The zero-order chi connectivity index (χ0) is 16.2. The van der Waals surface area contributed by atoms with Crippen LogP contribution in [-0.2, 0) is 6.54 Å². The van der Waals surface area contributed by atoms with Gasteiger partial charge in [-0.1, -0.05) is 17.4 Å². The molecule has 0 amide bonds. The minimum atomic E-state index is 0.150. The fourth-order valence-corrected chi connectivity index (χ4v) is 3.71. The first-order chi connectivity index (χ1) is 11.2. The molecule has 1 aliphatic heterocycles. The van der Waals surface area contributed by atoms with Crippen LogP contribution in [0.25, 0.3) is 0 Å². The Balaban J connectivity index is 1.53. The van der Waals surface area contributed by atoms with E-state index in [2.05, 4.69) is 21.9 Å². The van der Waals surface area contributed by atoms with Crippen molar-refractivity contribution in [2.75, 3.05) is 44.7 Å². The lowest BCUT2D eigenvalue weighted by molar-refractivity contribution is 0.247. The summed E-state index contributed by atoms with van der Waals surface area (Å²) in [5.74, 6) is 0.900. The topological polar surface area (TPSA) is 37.7 Å². The third-order valence-corrected chi connectivity index (χ3v) is 5.29. The molecule has 0 radical (unpaired) electrons. The van der Waals surface area contributed by atoms with Gasteiger partial charge >= 0.3 is 4.87 Å². The minimum Gasteiger partial charge on any atom is -0.497 e. The fourth-order valence-electron chi connectivity index (χ4n) is 2.95. The maximum Gasteiger partial charge on any atom is 0.307 e. The summed E-state index contributed by atoms with van der Waals surface area (Å²) in [7, 11) is 1.70. The van der Waals surface area contributed by atoms with E-state index < -0.39 is 0 Å². The number of benzene rings is 1. The second kappa shape index (κ2) is 7.19. The van der Waals surface area contributed by atoms with E-state index in [0.29, 0.717) is 0 Å². The molecule has 0 aliphatic carbocycles. The molecule has 2 aromatic rings. The molecule has 2 heterocycles. The molecule has 6 heteroatoms. The van der Waals surface area contributed by atoms with Crippen molar-refractivity contribution in [3.8, 4) is 5.75 Å². The molecule has 0 saturated carbocycles. The number of ether oxygens (including phenoxy) is 1. The van der Waals surface area contributed by atoms with Crippen LogP contribution in [0.1, 0.15) is 5.69 Å². The van der Waals surface area contributed by atoms with E-state index in [9.17, 15) is 4.79 Å². The first-order valence-electron chi connectivity index (χ1n) is 7.93. The Morgan fingerprint density at radius 3 is 2.61 bits per heavy atom. The van der Waals surface area contributed by atoms with Crippen LogP contribution in [0.2, 0.25) is 0 Å². The summed E-state index contributed by atoms with van der Waals surface area (Å²) < 4.78 is 7.17. The van der Waals surface area contributed by atoms with Gasteiger partial charge in [0.15, 0.2) is 0 Å². The Labute approximate surface area is 140 Å². The summed E-state index contributed by atoms with van der Waals surface area (Å²) in [6, 6.07) is 8.23. The second-order valence-corrected chi connectivity index (χ2v) is 6.65. The number of hydrogen-bond acceptors (Lipinski definition) is 5. The number of aromatic nitrogens is 1. The first-order valence-corrected chi connectivity index (χ1v) is 8.81. The SMILES string of the molecule is COc1cccc(N2CCN(CCn3c(C)csc3=O)CC2)c1. The Morgan fingerprint density at radius 2 is 1.96 bits per heavy atom. The van der Waals surface area contributed by atoms with Gasteiger partial charge < -0.3 is 14.2 Å². The van der Waals surface area contributed by atoms with E-state index in [-0.39, 0.29) is 4.87 Å². The Hall–Kier alpha value is -1.79. The van der Waals surface area contributed by atoms with Crippen LogP contribution < -0.4 is 14.5 Å². The van der Waals surface area contributed by atoms with Crippen molar-refractivity contribution < 1.29 is 4.74 Å². The number of hydrogen-bond donors (Lipinski definition) is 0. The van der Waals surface area contributed by atoms with E-state index in [1.807, 2.05) is 29.0 Å². The predicted molar refractivity (Wildman–Crippen MR) is 95.0 cm³/mol. The zero-order valence-electron chi connectivity index (χ0n) is 13.7. The summed E-state index contributed by atoms with van der Waals surface area (Å²) in [6.07, 6.45) is 0. The van der Waals surface area contributed by atoms with Crippen LogP contribution in [0, 0.1) is 6.92 Å². The molecule has 1 aromatic carbocycles. The normalized spacial score (nSPS) is 15.8. The highest BCUT2D eigenvalue weighted by atomic mass is 32.1. The van der Waals surface area contributed by atoms with Crippen molar-refractivity contribution in [3.63, 3.8) is 0 Å². The van der Waals surface area contributed by atoms with Gasteiger partial charge in [0.2, 0.25) is 0 Å². The summed E-state index contributed by atoms with van der Waals surface area (Å²) in [6.45, 7) is 7.77. The molecule has 1 fully saturated rings. The van der Waals surface area contributed by atoms with Gasteiger partial charge in [-0.05, 0) is 19.1 Å². The summed E-state index contributed by atoms with van der Waals surface area (Å²) in [4.78, 5) is 16.7. The molecule has 0 N–H and O–H groups in total. The quantitative estimate of drug-likeness (QED) is 0.839. The highest BCUT2D eigenvalue weighted by Crippen LogP contribution is 2.22. The largest absolute Gasteiger partial charge is 0.497 e. The van der Waals surface area contributed by atoms with Gasteiger partial charge in [-0.15, -0.1) is 0 Å².